The molecule has 0 aliphatic carbocycles. The molecule has 0 spiro atoms. The van der Waals surface area contributed by atoms with E-state index in [1.165, 1.54) is 33.5 Å². The van der Waals surface area contributed by atoms with Gasteiger partial charge in [-0.15, -0.1) is 0 Å². The fraction of sp³-hybridized carbons (Fsp3) is 0.300. The molecule has 156 valence electrons. The van der Waals surface area contributed by atoms with E-state index in [1.807, 2.05) is 0 Å². The first-order valence-electron chi connectivity index (χ1n) is 8.67. The molecule has 0 fully saturated rings. The lowest BCUT2D eigenvalue weighted by Gasteiger charge is -2.18. The first kappa shape index (κ1) is 22.3. The largest absolute Gasteiger partial charge is 0.493 e. The molecule has 0 radical (unpaired) electrons. The molecule has 0 aromatic heterocycles. The molecule has 0 aliphatic rings. The summed E-state index contributed by atoms with van der Waals surface area (Å²) in [5.74, 6) is -0.173. The van der Waals surface area contributed by atoms with E-state index < -0.39 is 24.5 Å². The Labute approximate surface area is 173 Å². The van der Waals surface area contributed by atoms with Crippen LogP contribution in [0.5, 0.6) is 17.2 Å². The van der Waals surface area contributed by atoms with E-state index in [9.17, 15) is 14.7 Å². The Balaban J connectivity index is 2.08. The molecule has 29 heavy (non-hydrogen) atoms. The van der Waals surface area contributed by atoms with Crippen molar-refractivity contribution < 1.29 is 28.9 Å². The third kappa shape index (κ3) is 5.75. The van der Waals surface area contributed by atoms with Crippen molar-refractivity contribution in [3.05, 3.63) is 52.5 Å². The summed E-state index contributed by atoms with van der Waals surface area (Å²) < 4.78 is 15.7. The maximum Gasteiger partial charge on any atom is 0.252 e. The zero-order valence-corrected chi connectivity index (χ0v) is 17.1. The molecule has 1 atom stereocenters. The number of benzene rings is 2. The average molecular weight is 423 g/mol. The zero-order chi connectivity index (χ0) is 21.4. The van der Waals surface area contributed by atoms with Gasteiger partial charge in [0.15, 0.2) is 11.5 Å². The summed E-state index contributed by atoms with van der Waals surface area (Å²) in [5, 5.41) is 15.3. The van der Waals surface area contributed by atoms with Gasteiger partial charge >= 0.3 is 0 Å². The van der Waals surface area contributed by atoms with Crippen molar-refractivity contribution in [2.45, 2.75) is 12.6 Å². The van der Waals surface area contributed by atoms with Crippen LogP contribution in [0.3, 0.4) is 0 Å². The maximum absolute atomic E-state index is 12.6. The number of nitrogens with one attached hydrogen (secondary N) is 2. The molecule has 9 heteroatoms. The molecule has 0 bridgehead atoms. The summed E-state index contributed by atoms with van der Waals surface area (Å²) in [6.45, 7) is -0.338. The minimum Gasteiger partial charge on any atom is -0.493 e. The Kier molecular flexibility index (Phi) is 8.11. The van der Waals surface area contributed by atoms with Gasteiger partial charge in [0.05, 0.1) is 27.9 Å². The lowest BCUT2D eigenvalue weighted by atomic mass is 10.1. The molecule has 3 N–H and O–H groups in total. The van der Waals surface area contributed by atoms with Crippen LogP contribution in [0.4, 0.5) is 0 Å². The Morgan fingerprint density at radius 2 is 1.62 bits per heavy atom. The summed E-state index contributed by atoms with van der Waals surface area (Å²) in [6.07, 6.45) is 0. The summed E-state index contributed by atoms with van der Waals surface area (Å²) in [7, 11) is 4.31. The van der Waals surface area contributed by atoms with Crippen LogP contribution in [0.2, 0.25) is 5.02 Å². The van der Waals surface area contributed by atoms with Gasteiger partial charge in [-0.25, -0.2) is 0 Å². The van der Waals surface area contributed by atoms with Crippen molar-refractivity contribution in [2.75, 3.05) is 27.9 Å². The van der Waals surface area contributed by atoms with E-state index in [2.05, 4.69) is 10.6 Å². The number of hydrogen-bond donors (Lipinski definition) is 3. The van der Waals surface area contributed by atoms with Crippen LogP contribution >= 0.6 is 11.6 Å². The standard InChI is InChI=1S/C20H23ClN2O6/c1-27-16-8-13(9-17(28-2)18(16)29-3)19(25)23-15(11-24)20(26)22-10-12-4-6-14(21)7-5-12/h4-9,15,24H,10-11H2,1-3H3,(H,22,26)(H,23,25). The number of aliphatic hydroxyl groups excluding tert-OH is 1. The Bertz CT molecular complexity index is 832. The second-order valence-corrected chi connectivity index (χ2v) is 6.40. The number of aliphatic hydroxyl groups is 1. The predicted octanol–water partition coefficient (Wildman–Crippen LogP) is 1.77. The number of carbonyl (C=O) groups excluding carboxylic acids is 2. The van der Waals surface area contributed by atoms with Crippen LogP contribution < -0.4 is 24.8 Å². The van der Waals surface area contributed by atoms with Crippen molar-refractivity contribution in [2.24, 2.45) is 0 Å². The SMILES string of the molecule is COc1cc(C(=O)NC(CO)C(=O)NCc2ccc(Cl)cc2)cc(OC)c1OC. The number of hydrogen-bond acceptors (Lipinski definition) is 6. The normalized spacial score (nSPS) is 11.3. The van der Waals surface area contributed by atoms with Crippen LogP contribution in [0.1, 0.15) is 15.9 Å². The monoisotopic (exact) mass is 422 g/mol. The second-order valence-electron chi connectivity index (χ2n) is 5.97. The van der Waals surface area contributed by atoms with Crippen LogP contribution in [0, 0.1) is 0 Å². The number of amides is 2. The Hall–Kier alpha value is -2.97. The van der Waals surface area contributed by atoms with Crippen LogP contribution in [-0.2, 0) is 11.3 Å². The molecule has 2 rings (SSSR count). The molecule has 2 aromatic rings. The third-order valence-electron chi connectivity index (χ3n) is 4.11. The number of carbonyl (C=O) groups is 2. The minimum atomic E-state index is -1.13. The van der Waals surface area contributed by atoms with Crippen LogP contribution in [0.25, 0.3) is 0 Å². The molecule has 0 saturated carbocycles. The highest BCUT2D eigenvalue weighted by atomic mass is 35.5. The molecule has 2 aromatic carbocycles. The summed E-state index contributed by atoms with van der Waals surface area (Å²) in [4.78, 5) is 24.9. The van der Waals surface area contributed by atoms with Gasteiger partial charge < -0.3 is 30.0 Å². The van der Waals surface area contributed by atoms with Gasteiger partial charge in [0.1, 0.15) is 6.04 Å². The van der Waals surface area contributed by atoms with Gasteiger partial charge in [-0.3, -0.25) is 9.59 Å². The van der Waals surface area contributed by atoms with Crippen molar-refractivity contribution >= 4 is 23.4 Å². The lowest BCUT2D eigenvalue weighted by Crippen LogP contribution is -2.48. The fourth-order valence-corrected chi connectivity index (χ4v) is 2.69. The predicted molar refractivity (Wildman–Crippen MR) is 108 cm³/mol. The molecule has 1 unspecified atom stereocenters. The van der Waals surface area contributed by atoms with Gasteiger partial charge in [-0.2, -0.15) is 0 Å². The van der Waals surface area contributed by atoms with E-state index >= 15 is 0 Å². The first-order chi connectivity index (χ1) is 13.9. The molecular weight excluding hydrogens is 400 g/mol. The van der Waals surface area contributed by atoms with Crippen molar-refractivity contribution in [3.8, 4) is 17.2 Å². The van der Waals surface area contributed by atoms with E-state index in [4.69, 9.17) is 25.8 Å². The van der Waals surface area contributed by atoms with Gasteiger partial charge in [-0.1, -0.05) is 23.7 Å². The van der Waals surface area contributed by atoms with Crippen LogP contribution in [0.15, 0.2) is 36.4 Å². The summed E-state index contributed by atoms with van der Waals surface area (Å²) in [6, 6.07) is 8.73. The van der Waals surface area contributed by atoms with E-state index in [0.29, 0.717) is 22.3 Å². The van der Waals surface area contributed by atoms with Gasteiger partial charge in [0, 0.05) is 17.1 Å². The quantitative estimate of drug-likeness (QED) is 0.568. The number of rotatable bonds is 9. The summed E-state index contributed by atoms with van der Waals surface area (Å²) in [5.41, 5.74) is 1.01. The highest BCUT2D eigenvalue weighted by Crippen LogP contribution is 2.38. The molecule has 8 nitrogen and oxygen atoms in total. The second kappa shape index (κ2) is 10.5. The van der Waals surface area contributed by atoms with Gasteiger partial charge in [0.25, 0.3) is 5.91 Å². The van der Waals surface area contributed by atoms with Gasteiger partial charge in [-0.05, 0) is 29.8 Å². The Morgan fingerprint density at radius 3 is 2.10 bits per heavy atom. The van der Waals surface area contributed by atoms with Crippen molar-refractivity contribution in [1.29, 1.82) is 0 Å². The third-order valence-corrected chi connectivity index (χ3v) is 4.36. The van der Waals surface area contributed by atoms with E-state index in [0.717, 1.165) is 5.56 Å². The number of halogens is 1. The highest BCUT2D eigenvalue weighted by molar-refractivity contribution is 6.30. The van der Waals surface area contributed by atoms with E-state index in [1.54, 1.807) is 24.3 Å². The molecule has 0 aliphatic heterocycles. The van der Waals surface area contributed by atoms with E-state index in [-0.39, 0.29) is 12.1 Å². The first-order valence-corrected chi connectivity index (χ1v) is 9.05. The summed E-state index contributed by atoms with van der Waals surface area (Å²) >= 11 is 5.83. The minimum absolute atomic E-state index is 0.184. The van der Waals surface area contributed by atoms with Crippen molar-refractivity contribution in [1.82, 2.24) is 10.6 Å². The highest BCUT2D eigenvalue weighted by Gasteiger charge is 2.23. The molecule has 0 saturated heterocycles. The smallest absolute Gasteiger partial charge is 0.252 e. The number of ether oxygens (including phenoxy) is 3. The maximum atomic E-state index is 12.6. The van der Waals surface area contributed by atoms with Crippen molar-refractivity contribution in [3.63, 3.8) is 0 Å². The topological polar surface area (TPSA) is 106 Å². The molecular formula is C20H23ClN2O6. The van der Waals surface area contributed by atoms with Gasteiger partial charge in [0.2, 0.25) is 11.7 Å². The molecule has 2 amide bonds. The number of methoxy groups -OCH3 is 3. The fourth-order valence-electron chi connectivity index (χ4n) is 2.56. The lowest BCUT2D eigenvalue weighted by molar-refractivity contribution is -0.124. The average Bonchev–Trinajstić information content (AvgIpc) is 2.75. The zero-order valence-electron chi connectivity index (χ0n) is 16.3. The van der Waals surface area contributed by atoms with Crippen LogP contribution in [-0.4, -0.2) is 50.9 Å². The molecule has 0 heterocycles. The Morgan fingerprint density at radius 1 is 1.03 bits per heavy atom.